The highest BCUT2D eigenvalue weighted by Crippen LogP contribution is 2.37. The first kappa shape index (κ1) is 19.0. The van der Waals surface area contributed by atoms with Crippen molar-refractivity contribution in [3.05, 3.63) is 27.8 Å². The average Bonchev–Trinajstić information content (AvgIpc) is 2.63. The van der Waals surface area contributed by atoms with Crippen LogP contribution in [0.15, 0.2) is 12.1 Å². The predicted octanol–water partition coefficient (Wildman–Crippen LogP) is 1.28. The summed E-state index contributed by atoms with van der Waals surface area (Å²) >= 11 is 0. The summed E-state index contributed by atoms with van der Waals surface area (Å²) in [5.41, 5.74) is -0.838. The topological polar surface area (TPSA) is 132 Å². The van der Waals surface area contributed by atoms with Crippen molar-refractivity contribution < 1.29 is 28.7 Å². The van der Waals surface area contributed by atoms with Gasteiger partial charge in [-0.15, -0.1) is 0 Å². The molecule has 1 aliphatic rings. The third kappa shape index (κ3) is 4.18. The Morgan fingerprint density at radius 3 is 2.58 bits per heavy atom. The smallest absolute Gasteiger partial charge is 0.346 e. The molecule has 0 unspecified atom stereocenters. The summed E-state index contributed by atoms with van der Waals surface area (Å²) in [6, 6.07) is 4.17. The Kier molecular flexibility index (Phi) is 5.95. The van der Waals surface area contributed by atoms with Crippen LogP contribution in [-0.4, -0.2) is 54.6 Å². The van der Waals surface area contributed by atoms with Crippen LogP contribution in [0.1, 0.15) is 23.7 Å². The van der Waals surface area contributed by atoms with Gasteiger partial charge in [-0.2, -0.15) is 5.26 Å². The number of nitriles is 1. The lowest BCUT2D eigenvalue weighted by atomic mass is 10.1. The number of ether oxygens (including phenoxy) is 3. The maximum absolute atomic E-state index is 12.4. The van der Waals surface area contributed by atoms with Gasteiger partial charge < -0.3 is 19.1 Å². The number of esters is 1. The molecule has 0 radical (unpaired) electrons. The van der Waals surface area contributed by atoms with E-state index in [1.165, 1.54) is 24.9 Å². The molecule has 0 bridgehead atoms. The second-order valence-corrected chi connectivity index (χ2v) is 5.49. The average molecular weight is 363 g/mol. The van der Waals surface area contributed by atoms with Crippen molar-refractivity contribution in [3.8, 4) is 17.6 Å². The number of rotatable bonds is 6. The highest BCUT2D eigenvalue weighted by molar-refractivity contribution is 5.96. The molecule has 1 atom stereocenters. The van der Waals surface area contributed by atoms with E-state index in [2.05, 4.69) is 0 Å². The van der Waals surface area contributed by atoms with Crippen molar-refractivity contribution in [3.63, 3.8) is 0 Å². The SMILES string of the molecule is C[C@H](OC(=O)c1cc2c(cc1[N+](=O)[O-])OCCO2)C(=O)N(C)CCC#N. The van der Waals surface area contributed by atoms with Crippen LogP contribution < -0.4 is 9.47 Å². The molecule has 0 spiro atoms. The molecule has 138 valence electrons. The van der Waals surface area contributed by atoms with Gasteiger partial charge >= 0.3 is 5.97 Å². The van der Waals surface area contributed by atoms with Gasteiger partial charge in [-0.25, -0.2) is 4.79 Å². The molecule has 10 nitrogen and oxygen atoms in total. The number of carbonyl (C=O) groups is 2. The van der Waals surface area contributed by atoms with Crippen LogP contribution in [0.5, 0.6) is 11.5 Å². The quantitative estimate of drug-likeness (QED) is 0.419. The molecule has 26 heavy (non-hydrogen) atoms. The van der Waals surface area contributed by atoms with Gasteiger partial charge in [0.2, 0.25) is 0 Å². The summed E-state index contributed by atoms with van der Waals surface area (Å²) in [7, 11) is 1.47. The Morgan fingerprint density at radius 1 is 1.38 bits per heavy atom. The summed E-state index contributed by atoms with van der Waals surface area (Å²) in [4.78, 5) is 36.3. The number of carbonyl (C=O) groups excluding carboxylic acids is 2. The molecule has 1 aliphatic heterocycles. The molecule has 1 heterocycles. The van der Waals surface area contributed by atoms with E-state index in [4.69, 9.17) is 19.5 Å². The fourth-order valence-electron chi connectivity index (χ4n) is 2.31. The van der Waals surface area contributed by atoms with Crippen LogP contribution in [0.4, 0.5) is 5.69 Å². The van der Waals surface area contributed by atoms with Crippen LogP contribution in [0.25, 0.3) is 0 Å². The van der Waals surface area contributed by atoms with Crippen LogP contribution in [0.3, 0.4) is 0 Å². The number of amides is 1. The van der Waals surface area contributed by atoms with Gasteiger partial charge in [0.05, 0.1) is 23.5 Å². The molecule has 1 amide bonds. The highest BCUT2D eigenvalue weighted by Gasteiger charge is 2.30. The van der Waals surface area contributed by atoms with E-state index in [1.54, 1.807) is 0 Å². The summed E-state index contributed by atoms with van der Waals surface area (Å²) in [6.07, 6.45) is -1.03. The third-order valence-electron chi connectivity index (χ3n) is 3.64. The number of hydrogen-bond donors (Lipinski definition) is 0. The zero-order valence-electron chi connectivity index (χ0n) is 14.3. The minimum Gasteiger partial charge on any atom is -0.486 e. The molecule has 1 aromatic rings. The summed E-state index contributed by atoms with van der Waals surface area (Å²) < 4.78 is 15.7. The molecular formula is C16H17N3O7. The van der Waals surface area contributed by atoms with Crippen LogP contribution in [0, 0.1) is 21.4 Å². The van der Waals surface area contributed by atoms with Crippen molar-refractivity contribution in [1.82, 2.24) is 4.90 Å². The Morgan fingerprint density at radius 2 is 2.00 bits per heavy atom. The maximum Gasteiger partial charge on any atom is 0.346 e. The molecule has 0 saturated carbocycles. The Bertz CT molecular complexity index is 772. The van der Waals surface area contributed by atoms with Gasteiger partial charge in [-0.1, -0.05) is 0 Å². The number of nitro benzene ring substituents is 1. The summed E-state index contributed by atoms with van der Waals surface area (Å²) in [5, 5.41) is 19.8. The predicted molar refractivity (Wildman–Crippen MR) is 86.8 cm³/mol. The van der Waals surface area contributed by atoms with Crippen molar-refractivity contribution in [2.75, 3.05) is 26.8 Å². The highest BCUT2D eigenvalue weighted by atomic mass is 16.6. The monoisotopic (exact) mass is 363 g/mol. The molecule has 0 saturated heterocycles. The first-order chi connectivity index (χ1) is 12.3. The lowest BCUT2D eigenvalue weighted by Crippen LogP contribution is -2.38. The first-order valence-corrected chi connectivity index (χ1v) is 7.76. The van der Waals surface area contributed by atoms with Gasteiger partial charge in [0.1, 0.15) is 18.8 Å². The van der Waals surface area contributed by atoms with Gasteiger partial charge in [0, 0.05) is 19.7 Å². The lowest BCUT2D eigenvalue weighted by Gasteiger charge is -2.21. The third-order valence-corrected chi connectivity index (χ3v) is 3.64. The van der Waals surface area contributed by atoms with Crippen molar-refractivity contribution in [1.29, 1.82) is 5.26 Å². The van der Waals surface area contributed by atoms with E-state index in [9.17, 15) is 19.7 Å². The van der Waals surface area contributed by atoms with E-state index in [1.807, 2.05) is 6.07 Å². The Hall–Kier alpha value is -3.35. The second-order valence-electron chi connectivity index (χ2n) is 5.49. The number of fused-ring (bicyclic) bond motifs is 1. The molecule has 0 aliphatic carbocycles. The van der Waals surface area contributed by atoms with Crippen LogP contribution in [-0.2, 0) is 9.53 Å². The van der Waals surface area contributed by atoms with E-state index in [0.29, 0.717) is 0 Å². The van der Waals surface area contributed by atoms with Crippen molar-refractivity contribution in [2.24, 2.45) is 0 Å². The van der Waals surface area contributed by atoms with Gasteiger partial charge in [0.25, 0.3) is 11.6 Å². The number of nitro groups is 1. The van der Waals surface area contributed by atoms with Crippen molar-refractivity contribution >= 4 is 17.6 Å². The van der Waals surface area contributed by atoms with E-state index < -0.39 is 28.6 Å². The van der Waals surface area contributed by atoms with E-state index in [0.717, 1.165) is 6.07 Å². The Labute approximate surface area is 149 Å². The largest absolute Gasteiger partial charge is 0.486 e. The number of likely N-dealkylation sites (N-methyl/N-ethyl adjacent to an activating group) is 1. The lowest BCUT2D eigenvalue weighted by molar-refractivity contribution is -0.385. The van der Waals surface area contributed by atoms with Crippen molar-refractivity contribution in [2.45, 2.75) is 19.4 Å². The Balaban J connectivity index is 2.19. The van der Waals surface area contributed by atoms with Gasteiger partial charge in [-0.3, -0.25) is 14.9 Å². The van der Waals surface area contributed by atoms with E-state index in [-0.39, 0.29) is 43.2 Å². The zero-order chi connectivity index (χ0) is 19.3. The number of nitrogens with zero attached hydrogens (tertiary/aromatic N) is 3. The minimum atomic E-state index is -1.17. The fraction of sp³-hybridized carbons (Fsp3) is 0.438. The van der Waals surface area contributed by atoms with Crippen LogP contribution in [0.2, 0.25) is 0 Å². The number of hydrogen-bond acceptors (Lipinski definition) is 8. The summed E-state index contributed by atoms with van der Waals surface area (Å²) in [6.45, 7) is 2.03. The van der Waals surface area contributed by atoms with Gasteiger partial charge in [0.15, 0.2) is 17.6 Å². The molecule has 2 rings (SSSR count). The number of benzene rings is 1. The molecular weight excluding hydrogens is 346 g/mol. The normalized spacial score (nSPS) is 13.3. The molecule has 0 N–H and O–H groups in total. The molecule has 10 heteroatoms. The van der Waals surface area contributed by atoms with Gasteiger partial charge in [-0.05, 0) is 6.92 Å². The summed E-state index contributed by atoms with van der Waals surface area (Å²) in [5.74, 6) is -1.18. The molecule has 0 aromatic heterocycles. The maximum atomic E-state index is 12.4. The van der Waals surface area contributed by atoms with Crippen LogP contribution >= 0.6 is 0 Å². The standard InChI is InChI=1S/C16H17N3O7/c1-10(15(20)18(2)5-3-4-17)26-16(21)11-8-13-14(25-7-6-24-13)9-12(11)19(22)23/h8-10H,3,5-7H2,1-2H3/t10-/m0/s1. The minimum absolute atomic E-state index is 0.135. The zero-order valence-corrected chi connectivity index (χ0v) is 14.3. The fourth-order valence-corrected chi connectivity index (χ4v) is 2.31. The molecule has 1 aromatic carbocycles. The first-order valence-electron chi connectivity index (χ1n) is 7.76. The second kappa shape index (κ2) is 8.15. The molecule has 0 fully saturated rings. The van der Waals surface area contributed by atoms with E-state index >= 15 is 0 Å².